The lowest BCUT2D eigenvalue weighted by Crippen LogP contribution is -2.32. The Morgan fingerprint density at radius 3 is 2.52 bits per heavy atom. The highest BCUT2D eigenvalue weighted by Gasteiger charge is 2.28. The molecule has 3 rings (SSSR count). The predicted molar refractivity (Wildman–Crippen MR) is 111 cm³/mol. The molecule has 1 amide bonds. The molecule has 0 aliphatic carbocycles. The molecule has 1 fully saturated rings. The molecule has 1 aromatic carbocycles. The number of esters is 1. The zero-order valence-corrected chi connectivity index (χ0v) is 17.2. The number of aromatic hydroxyl groups is 1. The molecular weight excluding hydrogens is 406 g/mol. The van der Waals surface area contributed by atoms with Gasteiger partial charge in [0.05, 0.1) is 18.3 Å². The summed E-state index contributed by atoms with van der Waals surface area (Å²) in [4.78, 5) is 38.1. The monoisotopic (exact) mass is 431 g/mol. The molecule has 0 bridgehead atoms. The lowest BCUT2D eigenvalue weighted by molar-refractivity contribution is -0.127. The number of aliphatic hydroxyl groups excluding tert-OH is 2. The molecule has 0 aromatic heterocycles. The molecule has 9 heteroatoms. The number of nitrogens with zero attached hydrogens (tertiary/aromatic N) is 1. The summed E-state index contributed by atoms with van der Waals surface area (Å²) in [5, 5.41) is 30.7. The van der Waals surface area contributed by atoms with Gasteiger partial charge in [0.1, 0.15) is 30.1 Å². The fraction of sp³-hybridized carbons (Fsp3) is 0.409. The zero-order chi connectivity index (χ0) is 22.7. The van der Waals surface area contributed by atoms with Crippen LogP contribution in [0.2, 0.25) is 0 Å². The van der Waals surface area contributed by atoms with Crippen LogP contribution in [0.1, 0.15) is 36.2 Å². The minimum absolute atomic E-state index is 0.0854. The molecular formula is C22H25NO8. The van der Waals surface area contributed by atoms with E-state index >= 15 is 0 Å². The van der Waals surface area contributed by atoms with Crippen molar-refractivity contribution in [3.63, 3.8) is 0 Å². The first-order valence-electron chi connectivity index (χ1n) is 9.96. The lowest BCUT2D eigenvalue weighted by atomic mass is 9.99. The molecule has 0 saturated carbocycles. The van der Waals surface area contributed by atoms with Crippen molar-refractivity contribution in [2.24, 2.45) is 5.92 Å². The van der Waals surface area contributed by atoms with E-state index < -0.39 is 36.2 Å². The van der Waals surface area contributed by atoms with Crippen LogP contribution in [0.25, 0.3) is 6.08 Å². The maximum absolute atomic E-state index is 12.8. The van der Waals surface area contributed by atoms with E-state index in [1.807, 2.05) is 0 Å². The van der Waals surface area contributed by atoms with Crippen molar-refractivity contribution in [1.29, 1.82) is 0 Å². The van der Waals surface area contributed by atoms with E-state index in [1.165, 1.54) is 35.3 Å². The molecule has 1 aromatic rings. The number of anilines is 1. The summed E-state index contributed by atoms with van der Waals surface area (Å²) in [5.41, 5.74) is 0.483. The molecule has 2 heterocycles. The summed E-state index contributed by atoms with van der Waals surface area (Å²) >= 11 is 0. The first kappa shape index (κ1) is 22.5. The predicted octanol–water partition coefficient (Wildman–Crippen LogP) is 1.79. The highest BCUT2D eigenvalue weighted by molar-refractivity contribution is 5.99. The van der Waals surface area contributed by atoms with E-state index in [0.29, 0.717) is 12.2 Å². The largest absolute Gasteiger partial charge is 0.507 e. The van der Waals surface area contributed by atoms with Gasteiger partial charge in [0.25, 0.3) is 0 Å². The second-order valence-corrected chi connectivity index (χ2v) is 7.58. The maximum Gasteiger partial charge on any atom is 0.414 e. The number of carbonyl (C=O) groups excluding carboxylic acids is 3. The van der Waals surface area contributed by atoms with Crippen LogP contribution in [0.5, 0.6) is 5.75 Å². The minimum atomic E-state index is -1.60. The number of ketones is 1. The highest BCUT2D eigenvalue weighted by atomic mass is 16.6. The van der Waals surface area contributed by atoms with Gasteiger partial charge in [-0.05, 0) is 31.1 Å². The van der Waals surface area contributed by atoms with Crippen molar-refractivity contribution in [3.8, 4) is 5.75 Å². The number of cyclic esters (lactones) is 2. The number of rotatable bonds is 1. The van der Waals surface area contributed by atoms with Crippen molar-refractivity contribution >= 4 is 29.6 Å². The van der Waals surface area contributed by atoms with E-state index in [2.05, 4.69) is 0 Å². The number of ether oxygens (including phenoxy) is 2. The molecule has 3 N–H and O–H groups in total. The van der Waals surface area contributed by atoms with E-state index in [9.17, 15) is 29.7 Å². The molecule has 31 heavy (non-hydrogen) atoms. The van der Waals surface area contributed by atoms with E-state index in [4.69, 9.17) is 9.47 Å². The summed E-state index contributed by atoms with van der Waals surface area (Å²) in [7, 11) is 0. The normalized spacial score (nSPS) is 29.5. The minimum Gasteiger partial charge on any atom is -0.507 e. The zero-order valence-electron chi connectivity index (χ0n) is 17.2. The number of aliphatic hydroxyl groups is 2. The second kappa shape index (κ2) is 9.32. The van der Waals surface area contributed by atoms with Crippen LogP contribution in [0.3, 0.4) is 0 Å². The summed E-state index contributed by atoms with van der Waals surface area (Å²) in [6.07, 6.45) is 1.29. The quantitative estimate of drug-likeness (QED) is 0.573. The fourth-order valence-electron chi connectivity index (χ4n) is 3.26. The van der Waals surface area contributed by atoms with Crippen LogP contribution >= 0.6 is 0 Å². The third kappa shape index (κ3) is 4.95. The van der Waals surface area contributed by atoms with E-state index in [-0.39, 0.29) is 35.8 Å². The average Bonchev–Trinajstić information content (AvgIpc) is 3.15. The summed E-state index contributed by atoms with van der Waals surface area (Å²) in [6, 6.07) is 2.81. The molecule has 4 atom stereocenters. The Hall–Kier alpha value is -3.17. The van der Waals surface area contributed by atoms with Crippen LogP contribution in [0, 0.1) is 5.92 Å². The first-order valence-corrected chi connectivity index (χ1v) is 9.96. The SMILES string of the molecule is C[C@@H]1/C=C/C(=O)[C@H](O)[C@@H](O)C/C=C/c2cc(N3CCOC3=O)cc(O)c2C(=O)O[C@H]1C. The lowest BCUT2D eigenvalue weighted by Gasteiger charge is -2.21. The molecule has 0 unspecified atom stereocenters. The maximum atomic E-state index is 12.8. The number of phenolic OH excluding ortho intramolecular Hbond substituents is 1. The molecule has 0 radical (unpaired) electrons. The van der Waals surface area contributed by atoms with Gasteiger partial charge in [0.15, 0.2) is 5.78 Å². The van der Waals surface area contributed by atoms with Crippen molar-refractivity contribution in [2.45, 2.75) is 38.6 Å². The van der Waals surface area contributed by atoms with Crippen molar-refractivity contribution < 1.29 is 39.2 Å². The van der Waals surface area contributed by atoms with Crippen LogP contribution in [-0.4, -0.2) is 64.6 Å². The third-order valence-corrected chi connectivity index (χ3v) is 5.34. The number of benzene rings is 1. The third-order valence-electron chi connectivity index (χ3n) is 5.34. The highest BCUT2D eigenvalue weighted by Crippen LogP contribution is 2.32. The molecule has 166 valence electrons. The van der Waals surface area contributed by atoms with Gasteiger partial charge in [-0.25, -0.2) is 9.59 Å². The molecule has 0 spiro atoms. The van der Waals surface area contributed by atoms with Gasteiger partial charge in [-0.3, -0.25) is 9.69 Å². The van der Waals surface area contributed by atoms with Crippen LogP contribution in [0.4, 0.5) is 10.5 Å². The van der Waals surface area contributed by atoms with Crippen LogP contribution < -0.4 is 4.90 Å². The Bertz CT molecular complexity index is 938. The number of fused-ring (bicyclic) bond motifs is 1. The van der Waals surface area contributed by atoms with Gasteiger partial charge in [0, 0.05) is 12.0 Å². The van der Waals surface area contributed by atoms with E-state index in [1.54, 1.807) is 13.8 Å². The first-order chi connectivity index (χ1) is 14.7. The standard InChI is InChI=1S/C22H25NO8/c1-12-6-7-17(25)20(27)16(24)5-3-4-14-10-15(23-8-9-30-22(23)29)11-18(26)19(14)21(28)31-13(12)2/h3-4,6-7,10-13,16,20,24,26-27H,5,8-9H2,1-2H3/b4-3+,7-6+/t12-,13+,16+,20-/m1/s1. The Kier molecular flexibility index (Phi) is 6.77. The van der Waals surface area contributed by atoms with Gasteiger partial charge < -0.3 is 24.8 Å². The van der Waals surface area contributed by atoms with Gasteiger partial charge in [-0.1, -0.05) is 25.2 Å². The van der Waals surface area contributed by atoms with Crippen molar-refractivity contribution in [1.82, 2.24) is 0 Å². The molecule has 9 nitrogen and oxygen atoms in total. The summed E-state index contributed by atoms with van der Waals surface area (Å²) in [6.45, 7) is 3.85. The molecule has 2 aliphatic heterocycles. The van der Waals surface area contributed by atoms with E-state index in [0.717, 1.165) is 6.08 Å². The Labute approximate surface area is 179 Å². The average molecular weight is 431 g/mol. The van der Waals surface area contributed by atoms with Crippen molar-refractivity contribution in [3.05, 3.63) is 41.5 Å². The number of amides is 1. The number of phenols is 1. The Morgan fingerprint density at radius 2 is 1.84 bits per heavy atom. The smallest absolute Gasteiger partial charge is 0.414 e. The Balaban J connectivity index is 2.04. The van der Waals surface area contributed by atoms with Crippen LogP contribution in [0.15, 0.2) is 30.4 Å². The summed E-state index contributed by atoms with van der Waals surface area (Å²) in [5.74, 6) is -2.18. The number of hydrogen-bond acceptors (Lipinski definition) is 8. The van der Waals surface area contributed by atoms with Gasteiger partial charge in [0.2, 0.25) is 0 Å². The topological polar surface area (TPSA) is 134 Å². The van der Waals surface area contributed by atoms with Gasteiger partial charge >= 0.3 is 12.1 Å². The molecule has 1 saturated heterocycles. The fourth-order valence-corrected chi connectivity index (χ4v) is 3.26. The van der Waals surface area contributed by atoms with Gasteiger partial charge in [-0.15, -0.1) is 0 Å². The summed E-state index contributed by atoms with van der Waals surface area (Å²) < 4.78 is 10.4. The number of hydrogen-bond donors (Lipinski definition) is 3. The number of carbonyl (C=O) groups is 3. The van der Waals surface area contributed by atoms with Crippen molar-refractivity contribution in [2.75, 3.05) is 18.1 Å². The Morgan fingerprint density at radius 1 is 1.10 bits per heavy atom. The molecule has 2 aliphatic rings. The van der Waals surface area contributed by atoms with Gasteiger partial charge in [-0.2, -0.15) is 0 Å². The second-order valence-electron chi connectivity index (χ2n) is 7.58. The van der Waals surface area contributed by atoms with Crippen LogP contribution in [-0.2, 0) is 14.3 Å².